The molecule has 0 aromatic heterocycles. The van der Waals surface area contributed by atoms with E-state index in [1.165, 1.54) is 7.11 Å². The summed E-state index contributed by atoms with van der Waals surface area (Å²) in [6.45, 7) is 2.66. The van der Waals surface area contributed by atoms with Gasteiger partial charge in [0, 0.05) is 5.56 Å². The first-order valence-corrected chi connectivity index (χ1v) is 8.52. The highest BCUT2D eigenvalue weighted by atomic mass is 16.5. The van der Waals surface area contributed by atoms with Crippen molar-refractivity contribution in [3.05, 3.63) is 59.7 Å². The molecular weight excluding hydrogens is 332 g/mol. The van der Waals surface area contributed by atoms with Crippen LogP contribution in [0.4, 0.5) is 0 Å². The van der Waals surface area contributed by atoms with E-state index in [2.05, 4.69) is 12.2 Å². The van der Waals surface area contributed by atoms with Crippen molar-refractivity contribution in [3.63, 3.8) is 0 Å². The normalized spacial score (nSPS) is 11.5. The van der Waals surface area contributed by atoms with Gasteiger partial charge >= 0.3 is 0 Å². The van der Waals surface area contributed by atoms with Crippen LogP contribution in [0.25, 0.3) is 0 Å². The summed E-state index contributed by atoms with van der Waals surface area (Å²) in [6, 6.07) is 12.8. The van der Waals surface area contributed by atoms with Crippen molar-refractivity contribution < 1.29 is 19.1 Å². The van der Waals surface area contributed by atoms with Crippen LogP contribution in [0, 0.1) is 0 Å². The van der Waals surface area contributed by atoms with Crippen molar-refractivity contribution in [2.24, 2.45) is 5.73 Å². The summed E-state index contributed by atoms with van der Waals surface area (Å²) < 4.78 is 11.0. The maximum absolute atomic E-state index is 12.6. The molecule has 138 valence electrons. The van der Waals surface area contributed by atoms with Gasteiger partial charge in [-0.25, -0.2) is 0 Å². The third kappa shape index (κ3) is 4.99. The van der Waals surface area contributed by atoms with Crippen LogP contribution in [-0.4, -0.2) is 25.5 Å². The number of hydrogen-bond donors (Lipinski definition) is 2. The fourth-order valence-corrected chi connectivity index (χ4v) is 2.43. The Morgan fingerprint density at radius 1 is 1.12 bits per heavy atom. The zero-order chi connectivity index (χ0) is 18.9. The predicted molar refractivity (Wildman–Crippen MR) is 99.2 cm³/mol. The molecule has 0 radical (unpaired) electrons. The summed E-state index contributed by atoms with van der Waals surface area (Å²) in [7, 11) is 1.51. The van der Waals surface area contributed by atoms with Gasteiger partial charge in [0.15, 0.2) is 11.5 Å². The number of rotatable bonds is 9. The quantitative estimate of drug-likeness (QED) is 0.676. The van der Waals surface area contributed by atoms with Crippen molar-refractivity contribution in [1.29, 1.82) is 0 Å². The van der Waals surface area contributed by atoms with Gasteiger partial charge in [-0.05, 0) is 30.2 Å². The summed E-state index contributed by atoms with van der Waals surface area (Å²) in [5.74, 6) is -0.0109. The van der Waals surface area contributed by atoms with E-state index in [0.717, 1.165) is 12.8 Å². The molecule has 3 N–H and O–H groups in total. The van der Waals surface area contributed by atoms with Gasteiger partial charge in [-0.2, -0.15) is 0 Å². The third-order valence-corrected chi connectivity index (χ3v) is 3.87. The molecule has 1 unspecified atom stereocenters. The minimum Gasteiger partial charge on any atom is -0.493 e. The highest BCUT2D eigenvalue weighted by Crippen LogP contribution is 2.28. The van der Waals surface area contributed by atoms with E-state index in [1.807, 2.05) is 6.07 Å². The highest BCUT2D eigenvalue weighted by molar-refractivity contribution is 5.98. The number of carbonyl (C=O) groups is 2. The summed E-state index contributed by atoms with van der Waals surface area (Å²) in [5.41, 5.74) is 6.42. The first-order valence-electron chi connectivity index (χ1n) is 8.52. The van der Waals surface area contributed by atoms with Crippen LogP contribution in [-0.2, 0) is 4.79 Å². The molecular formula is C20H24N2O4. The minimum absolute atomic E-state index is 0.354. The van der Waals surface area contributed by atoms with E-state index < -0.39 is 17.9 Å². The van der Waals surface area contributed by atoms with Crippen LogP contribution in [0.2, 0.25) is 0 Å². The lowest BCUT2D eigenvalue weighted by Crippen LogP contribution is -2.37. The maximum atomic E-state index is 12.6. The first-order chi connectivity index (χ1) is 12.6. The molecule has 0 aliphatic heterocycles. The standard InChI is InChI=1S/C20H24N2O4/c1-3-4-12-26-16-11-10-15(13-17(16)25-2)20(24)22-18(19(21)23)14-8-6-5-7-9-14/h5-11,13,18H,3-4,12H2,1-2H3,(H2,21,23)(H,22,24). The summed E-state index contributed by atoms with van der Waals surface area (Å²) in [5, 5.41) is 2.66. The number of primary amides is 1. The largest absolute Gasteiger partial charge is 0.493 e. The van der Waals surface area contributed by atoms with Gasteiger partial charge in [0.05, 0.1) is 13.7 Å². The summed E-state index contributed by atoms with van der Waals surface area (Å²) in [6.07, 6.45) is 1.96. The van der Waals surface area contributed by atoms with Gasteiger partial charge in [-0.1, -0.05) is 43.7 Å². The molecule has 2 amide bonds. The highest BCUT2D eigenvalue weighted by Gasteiger charge is 2.21. The van der Waals surface area contributed by atoms with Gasteiger partial charge in [-0.15, -0.1) is 0 Å². The molecule has 0 spiro atoms. The van der Waals surface area contributed by atoms with E-state index in [0.29, 0.717) is 29.2 Å². The van der Waals surface area contributed by atoms with Crippen LogP contribution in [0.15, 0.2) is 48.5 Å². The zero-order valence-electron chi connectivity index (χ0n) is 15.0. The van der Waals surface area contributed by atoms with E-state index >= 15 is 0 Å². The first kappa shape index (κ1) is 19.3. The second-order valence-electron chi connectivity index (χ2n) is 5.79. The van der Waals surface area contributed by atoms with Gasteiger partial charge in [0.25, 0.3) is 5.91 Å². The minimum atomic E-state index is -0.907. The number of nitrogens with one attached hydrogen (secondary N) is 1. The number of methoxy groups -OCH3 is 1. The second kappa shape index (κ2) is 9.46. The predicted octanol–water partition coefficient (Wildman–Crippen LogP) is 2.83. The molecule has 1 atom stereocenters. The number of amides is 2. The van der Waals surface area contributed by atoms with Gasteiger partial charge in [0.2, 0.25) is 5.91 Å². The molecule has 26 heavy (non-hydrogen) atoms. The average molecular weight is 356 g/mol. The van der Waals surface area contributed by atoms with E-state index in [-0.39, 0.29) is 0 Å². The Morgan fingerprint density at radius 2 is 1.85 bits per heavy atom. The smallest absolute Gasteiger partial charge is 0.252 e. The SMILES string of the molecule is CCCCOc1ccc(C(=O)NC(C(N)=O)c2ccccc2)cc1OC. The summed E-state index contributed by atoms with van der Waals surface area (Å²) in [4.78, 5) is 24.3. The van der Waals surface area contributed by atoms with Crippen molar-refractivity contribution >= 4 is 11.8 Å². The van der Waals surface area contributed by atoms with Crippen LogP contribution in [0.5, 0.6) is 11.5 Å². The molecule has 2 aromatic rings. The number of nitrogens with two attached hydrogens (primary N) is 1. The number of unbranched alkanes of at least 4 members (excludes halogenated alkanes) is 1. The number of carbonyl (C=O) groups excluding carboxylic acids is 2. The monoisotopic (exact) mass is 356 g/mol. The lowest BCUT2D eigenvalue weighted by molar-refractivity contribution is -0.120. The average Bonchev–Trinajstić information content (AvgIpc) is 2.66. The molecule has 6 nitrogen and oxygen atoms in total. The Labute approximate surface area is 153 Å². The van der Waals surface area contributed by atoms with E-state index in [9.17, 15) is 9.59 Å². The van der Waals surface area contributed by atoms with Gasteiger partial charge in [-0.3, -0.25) is 9.59 Å². The van der Waals surface area contributed by atoms with Crippen LogP contribution < -0.4 is 20.5 Å². The molecule has 0 heterocycles. The van der Waals surface area contributed by atoms with E-state index in [4.69, 9.17) is 15.2 Å². The lowest BCUT2D eigenvalue weighted by Gasteiger charge is -2.17. The van der Waals surface area contributed by atoms with E-state index in [1.54, 1.807) is 42.5 Å². The fraction of sp³-hybridized carbons (Fsp3) is 0.300. The number of hydrogen-bond acceptors (Lipinski definition) is 4. The second-order valence-corrected chi connectivity index (χ2v) is 5.79. The third-order valence-electron chi connectivity index (χ3n) is 3.87. The fourth-order valence-electron chi connectivity index (χ4n) is 2.43. The lowest BCUT2D eigenvalue weighted by atomic mass is 10.1. The summed E-state index contributed by atoms with van der Waals surface area (Å²) >= 11 is 0. The van der Waals surface area contributed by atoms with Crippen molar-refractivity contribution in [2.45, 2.75) is 25.8 Å². The van der Waals surface area contributed by atoms with Crippen molar-refractivity contribution in [2.75, 3.05) is 13.7 Å². The Morgan fingerprint density at radius 3 is 2.46 bits per heavy atom. The molecule has 2 aromatic carbocycles. The zero-order valence-corrected chi connectivity index (χ0v) is 15.0. The van der Waals surface area contributed by atoms with Crippen LogP contribution >= 0.6 is 0 Å². The van der Waals surface area contributed by atoms with Gasteiger partial charge < -0.3 is 20.5 Å². The topological polar surface area (TPSA) is 90.6 Å². The van der Waals surface area contributed by atoms with Crippen molar-refractivity contribution in [3.8, 4) is 11.5 Å². The van der Waals surface area contributed by atoms with Crippen LogP contribution in [0.3, 0.4) is 0 Å². The molecule has 0 saturated heterocycles. The Kier molecular flexibility index (Phi) is 7.02. The number of benzene rings is 2. The Bertz CT molecular complexity index is 747. The molecule has 0 fully saturated rings. The maximum Gasteiger partial charge on any atom is 0.252 e. The van der Waals surface area contributed by atoms with Crippen molar-refractivity contribution in [1.82, 2.24) is 5.32 Å². The number of ether oxygens (including phenoxy) is 2. The Hall–Kier alpha value is -3.02. The molecule has 0 bridgehead atoms. The van der Waals surface area contributed by atoms with Crippen LogP contribution in [0.1, 0.15) is 41.7 Å². The molecule has 6 heteroatoms. The molecule has 2 rings (SSSR count). The Balaban J connectivity index is 2.16. The molecule has 0 saturated carbocycles. The molecule has 0 aliphatic carbocycles. The molecule has 0 aliphatic rings. The van der Waals surface area contributed by atoms with Gasteiger partial charge in [0.1, 0.15) is 6.04 Å².